The molecule has 1 atom stereocenters. The summed E-state index contributed by atoms with van der Waals surface area (Å²) in [5.74, 6) is 0. The number of rotatable bonds is 4. The molecular weight excluding hydrogens is 392 g/mol. The Labute approximate surface area is 162 Å². The van der Waals surface area contributed by atoms with Crippen LogP contribution in [0.3, 0.4) is 0 Å². The lowest BCUT2D eigenvalue weighted by Gasteiger charge is -2.22. The maximum Gasteiger partial charge on any atom is 0.171 e. The number of halogens is 1. The Morgan fingerprint density at radius 2 is 1.56 bits per heavy atom. The average molecular weight is 411 g/mol. The van der Waals surface area contributed by atoms with Gasteiger partial charge >= 0.3 is 0 Å². The van der Waals surface area contributed by atoms with Crippen molar-refractivity contribution >= 4 is 38.9 Å². The van der Waals surface area contributed by atoms with Crippen LogP contribution in [-0.4, -0.2) is 5.11 Å². The Kier molecular flexibility index (Phi) is 5.84. The summed E-state index contributed by atoms with van der Waals surface area (Å²) in [5, 5.41) is 7.30. The first kappa shape index (κ1) is 17.6. The lowest BCUT2D eigenvalue weighted by molar-refractivity contribution is 0.768. The first-order valence-corrected chi connectivity index (χ1v) is 9.26. The fourth-order valence-corrected chi connectivity index (χ4v) is 3.19. The van der Waals surface area contributed by atoms with Gasteiger partial charge in [0.1, 0.15) is 0 Å². The van der Waals surface area contributed by atoms with E-state index in [1.54, 1.807) is 0 Å². The van der Waals surface area contributed by atoms with Gasteiger partial charge in [-0.2, -0.15) is 0 Å². The fraction of sp³-hybridized carbons (Fsp3) is 0.0952. The zero-order valence-corrected chi connectivity index (χ0v) is 16.3. The molecule has 0 radical (unpaired) electrons. The molecule has 3 aromatic rings. The van der Waals surface area contributed by atoms with Crippen molar-refractivity contribution in [3.05, 3.63) is 100 Å². The molecule has 3 rings (SSSR count). The third-order valence-corrected chi connectivity index (χ3v) is 4.63. The second-order valence-electron chi connectivity index (χ2n) is 5.86. The van der Waals surface area contributed by atoms with Crippen LogP contribution in [0.1, 0.15) is 22.7 Å². The van der Waals surface area contributed by atoms with Gasteiger partial charge in [0.05, 0.1) is 6.04 Å². The van der Waals surface area contributed by atoms with Crippen molar-refractivity contribution < 1.29 is 0 Å². The summed E-state index contributed by atoms with van der Waals surface area (Å²) in [6, 6.07) is 26.8. The highest BCUT2D eigenvalue weighted by Crippen LogP contribution is 2.23. The van der Waals surface area contributed by atoms with E-state index in [9.17, 15) is 0 Å². The molecule has 0 heterocycles. The van der Waals surface area contributed by atoms with Crippen LogP contribution < -0.4 is 10.6 Å². The van der Waals surface area contributed by atoms with Gasteiger partial charge in [-0.25, -0.2) is 0 Å². The van der Waals surface area contributed by atoms with E-state index in [2.05, 4.69) is 69.9 Å². The van der Waals surface area contributed by atoms with E-state index in [-0.39, 0.29) is 6.04 Å². The highest BCUT2D eigenvalue weighted by atomic mass is 79.9. The van der Waals surface area contributed by atoms with Crippen LogP contribution in [0.4, 0.5) is 5.69 Å². The molecule has 2 nitrogen and oxygen atoms in total. The molecule has 0 unspecified atom stereocenters. The smallest absolute Gasteiger partial charge is 0.171 e. The minimum absolute atomic E-state index is 0.00320. The Bertz CT molecular complexity index is 847. The van der Waals surface area contributed by atoms with Crippen LogP contribution in [-0.2, 0) is 0 Å². The molecule has 0 bridgehead atoms. The molecule has 4 heteroatoms. The van der Waals surface area contributed by atoms with Gasteiger partial charge in [-0.15, -0.1) is 0 Å². The Morgan fingerprint density at radius 3 is 2.24 bits per heavy atom. The Hall–Kier alpha value is -2.17. The number of hydrogen-bond acceptors (Lipinski definition) is 1. The topological polar surface area (TPSA) is 24.1 Å². The van der Waals surface area contributed by atoms with E-state index in [0.29, 0.717) is 5.11 Å². The summed E-state index contributed by atoms with van der Waals surface area (Å²) >= 11 is 8.99. The molecule has 0 aliphatic heterocycles. The summed E-state index contributed by atoms with van der Waals surface area (Å²) in [5.41, 5.74) is 4.54. The first-order valence-electron chi connectivity index (χ1n) is 8.06. The van der Waals surface area contributed by atoms with Crippen molar-refractivity contribution in [2.75, 3.05) is 5.32 Å². The molecule has 0 aliphatic rings. The van der Waals surface area contributed by atoms with E-state index < -0.39 is 0 Å². The van der Waals surface area contributed by atoms with E-state index in [4.69, 9.17) is 12.2 Å². The lowest BCUT2D eigenvalue weighted by atomic mass is 9.97. The molecule has 0 saturated heterocycles. The molecular formula is C21H19BrN2S. The minimum atomic E-state index is -0.00320. The van der Waals surface area contributed by atoms with Crippen LogP contribution in [0, 0.1) is 6.92 Å². The normalized spacial score (nSPS) is 11.6. The summed E-state index contributed by atoms with van der Waals surface area (Å²) < 4.78 is 1.04. The van der Waals surface area contributed by atoms with Crippen molar-refractivity contribution in [3.8, 4) is 0 Å². The molecule has 0 aromatic heterocycles. The molecule has 3 aromatic carbocycles. The number of benzene rings is 3. The van der Waals surface area contributed by atoms with Crippen molar-refractivity contribution in [3.63, 3.8) is 0 Å². The summed E-state index contributed by atoms with van der Waals surface area (Å²) in [4.78, 5) is 0. The first-order chi connectivity index (χ1) is 12.1. The van der Waals surface area contributed by atoms with Gasteiger partial charge in [0.2, 0.25) is 0 Å². The molecule has 25 heavy (non-hydrogen) atoms. The number of thiocarbonyl (C=S) groups is 1. The second-order valence-corrected chi connectivity index (χ2v) is 7.19. The van der Waals surface area contributed by atoms with E-state index in [1.807, 2.05) is 42.5 Å². The molecule has 0 fully saturated rings. The second kappa shape index (κ2) is 8.28. The number of anilines is 1. The van der Waals surface area contributed by atoms with Gasteiger partial charge in [-0.05, 0) is 54.5 Å². The van der Waals surface area contributed by atoms with Gasteiger partial charge in [-0.1, -0.05) is 76.1 Å². The summed E-state index contributed by atoms with van der Waals surface area (Å²) in [6.07, 6.45) is 0. The fourth-order valence-electron chi connectivity index (χ4n) is 2.69. The zero-order chi connectivity index (χ0) is 17.6. The third kappa shape index (κ3) is 4.91. The van der Waals surface area contributed by atoms with Crippen LogP contribution in [0.5, 0.6) is 0 Å². The highest BCUT2D eigenvalue weighted by molar-refractivity contribution is 9.10. The zero-order valence-electron chi connectivity index (χ0n) is 13.9. The largest absolute Gasteiger partial charge is 0.352 e. The molecule has 0 aliphatic carbocycles. The molecule has 0 spiro atoms. The van der Waals surface area contributed by atoms with Gasteiger partial charge in [0.15, 0.2) is 5.11 Å². The monoisotopic (exact) mass is 410 g/mol. The van der Waals surface area contributed by atoms with E-state index >= 15 is 0 Å². The number of hydrogen-bond donors (Lipinski definition) is 2. The maximum absolute atomic E-state index is 5.54. The van der Waals surface area contributed by atoms with Crippen molar-refractivity contribution in [2.45, 2.75) is 13.0 Å². The maximum atomic E-state index is 5.54. The van der Waals surface area contributed by atoms with E-state index in [1.165, 1.54) is 16.7 Å². The van der Waals surface area contributed by atoms with Crippen LogP contribution in [0.2, 0.25) is 0 Å². The minimum Gasteiger partial charge on any atom is -0.352 e. The van der Waals surface area contributed by atoms with Crippen LogP contribution in [0.25, 0.3) is 0 Å². The van der Waals surface area contributed by atoms with Crippen LogP contribution in [0.15, 0.2) is 83.3 Å². The standard InChI is InChI=1S/C21H19BrN2S/c1-15-6-5-9-17(14-15)20(16-7-3-2-4-8-16)24-21(25)23-19-12-10-18(22)11-13-19/h2-14,20H,1H3,(H2,23,24,25)/t20-/m0/s1. The number of nitrogens with one attached hydrogen (secondary N) is 2. The van der Waals surface area contributed by atoms with Crippen molar-refractivity contribution in [2.24, 2.45) is 0 Å². The Balaban J connectivity index is 1.82. The molecule has 126 valence electrons. The van der Waals surface area contributed by atoms with Crippen LogP contribution >= 0.6 is 28.1 Å². The summed E-state index contributed by atoms with van der Waals surface area (Å²) in [7, 11) is 0. The third-order valence-electron chi connectivity index (χ3n) is 3.89. The van der Waals surface area contributed by atoms with Gasteiger partial charge in [-0.3, -0.25) is 0 Å². The predicted molar refractivity (Wildman–Crippen MR) is 113 cm³/mol. The summed E-state index contributed by atoms with van der Waals surface area (Å²) in [6.45, 7) is 2.10. The van der Waals surface area contributed by atoms with E-state index in [0.717, 1.165) is 10.2 Å². The Morgan fingerprint density at radius 1 is 0.880 bits per heavy atom. The molecule has 2 N–H and O–H groups in total. The highest BCUT2D eigenvalue weighted by Gasteiger charge is 2.15. The van der Waals surface area contributed by atoms with Gasteiger partial charge in [0.25, 0.3) is 0 Å². The molecule has 0 amide bonds. The SMILES string of the molecule is Cc1cccc([C@@H](NC(=S)Nc2ccc(Br)cc2)c2ccccc2)c1. The molecule has 0 saturated carbocycles. The number of aryl methyl sites for hydroxylation is 1. The van der Waals surface area contributed by atoms with Gasteiger partial charge in [0, 0.05) is 10.2 Å². The predicted octanol–water partition coefficient (Wildman–Crippen LogP) is 5.83. The average Bonchev–Trinajstić information content (AvgIpc) is 2.62. The lowest BCUT2D eigenvalue weighted by Crippen LogP contribution is -2.33. The van der Waals surface area contributed by atoms with Crippen molar-refractivity contribution in [1.29, 1.82) is 0 Å². The van der Waals surface area contributed by atoms with Gasteiger partial charge < -0.3 is 10.6 Å². The quantitative estimate of drug-likeness (QED) is 0.528. The van der Waals surface area contributed by atoms with Crippen molar-refractivity contribution in [1.82, 2.24) is 5.32 Å².